The molecule has 0 spiro atoms. The Labute approximate surface area is 338 Å². The summed E-state index contributed by atoms with van der Waals surface area (Å²) in [6, 6.07) is 7.30. The van der Waals surface area contributed by atoms with E-state index in [0.29, 0.717) is 17.7 Å². The Morgan fingerprint density at radius 3 is 2.32 bits per heavy atom. The molecule has 57 heavy (non-hydrogen) atoms. The Morgan fingerprint density at radius 2 is 1.72 bits per heavy atom. The molecule has 3 aliphatic heterocycles. The average Bonchev–Trinajstić information content (AvgIpc) is 3.17. The van der Waals surface area contributed by atoms with Crippen LogP contribution in [-0.4, -0.2) is 127 Å². The first-order valence-corrected chi connectivity index (χ1v) is 20.2. The molecule has 13 heteroatoms. The maximum Gasteiger partial charge on any atom is 0.316 e. The summed E-state index contributed by atoms with van der Waals surface area (Å²) in [5.74, 6) is -4.32. The number of methoxy groups -OCH3 is 1. The first-order valence-electron chi connectivity index (χ1n) is 20.2. The molecule has 1 aromatic rings. The van der Waals surface area contributed by atoms with Crippen LogP contribution < -0.4 is 4.74 Å². The lowest BCUT2D eigenvalue weighted by atomic mass is 9.73. The number of nitrogens with zero attached hydrogens (tertiary/aromatic N) is 2. The Bertz CT molecular complexity index is 1640. The number of hydrogen-bond donors (Lipinski definition) is 2. The Kier molecular flexibility index (Phi) is 16.0. The van der Waals surface area contributed by atoms with Crippen LogP contribution in [0.5, 0.6) is 5.75 Å². The molecule has 0 aromatic heterocycles. The molecule has 3 aliphatic rings. The normalized spacial score (nSPS) is 39.1. The highest BCUT2D eigenvalue weighted by atomic mass is 16.7. The van der Waals surface area contributed by atoms with Gasteiger partial charge in [0.1, 0.15) is 29.5 Å². The van der Waals surface area contributed by atoms with E-state index in [0.717, 1.165) is 11.3 Å². The number of aliphatic imine (C=N–C) groups is 1. The van der Waals surface area contributed by atoms with Gasteiger partial charge in [-0.15, -0.1) is 0 Å². The number of Topliss-reactive ketones (excluding diaryl/α,β-unsaturated/α-hetero) is 1. The van der Waals surface area contributed by atoms with E-state index in [-0.39, 0.29) is 38.2 Å². The molecule has 0 aliphatic carbocycles. The van der Waals surface area contributed by atoms with Gasteiger partial charge in [-0.3, -0.25) is 14.4 Å². The van der Waals surface area contributed by atoms with E-state index in [1.165, 1.54) is 13.8 Å². The highest BCUT2D eigenvalue weighted by molar-refractivity contribution is 6.00. The minimum atomic E-state index is -1.79. The van der Waals surface area contributed by atoms with E-state index in [1.807, 2.05) is 89.2 Å². The van der Waals surface area contributed by atoms with Crippen molar-refractivity contribution in [2.75, 3.05) is 34.4 Å². The first-order chi connectivity index (χ1) is 26.7. The molecule has 3 heterocycles. The Hall–Kier alpha value is -3.30. The number of aliphatic hydroxyl groups is 2. The summed E-state index contributed by atoms with van der Waals surface area (Å²) >= 11 is 0. The molecule has 0 saturated carbocycles. The fraction of sp³-hybridized carbons (Fsp3) is 0.682. The predicted molar refractivity (Wildman–Crippen MR) is 217 cm³/mol. The highest BCUT2D eigenvalue weighted by Gasteiger charge is 2.53. The maximum atomic E-state index is 14.5. The van der Waals surface area contributed by atoms with Gasteiger partial charge in [-0.05, 0) is 90.2 Å². The third kappa shape index (κ3) is 11.1. The van der Waals surface area contributed by atoms with Crippen LogP contribution in [0.3, 0.4) is 0 Å². The van der Waals surface area contributed by atoms with Gasteiger partial charge >= 0.3 is 5.97 Å². The number of carbonyl (C=O) groups excluding carboxylic acids is 3. The minimum absolute atomic E-state index is 0.0107. The van der Waals surface area contributed by atoms with E-state index >= 15 is 0 Å². The lowest BCUT2D eigenvalue weighted by Crippen LogP contribution is -2.60. The summed E-state index contributed by atoms with van der Waals surface area (Å²) < 4.78 is 38.0. The molecule has 3 fully saturated rings. The third-order valence-corrected chi connectivity index (χ3v) is 11.9. The van der Waals surface area contributed by atoms with Crippen molar-refractivity contribution in [2.24, 2.45) is 28.7 Å². The summed E-state index contributed by atoms with van der Waals surface area (Å²) in [6.07, 6.45) is 0.969. The van der Waals surface area contributed by atoms with Crippen molar-refractivity contribution in [2.45, 2.75) is 136 Å². The molecule has 3 saturated heterocycles. The number of ketones is 1. The van der Waals surface area contributed by atoms with E-state index < -0.39 is 83.2 Å². The second-order valence-corrected chi connectivity index (χ2v) is 16.8. The maximum absolute atomic E-state index is 14.5. The molecular weight excluding hydrogens is 732 g/mol. The molecule has 5 unspecified atom stereocenters. The number of esters is 1. The fourth-order valence-electron chi connectivity index (χ4n) is 8.68. The van der Waals surface area contributed by atoms with Crippen LogP contribution in [0, 0.1) is 23.7 Å². The van der Waals surface area contributed by atoms with Crippen molar-refractivity contribution in [3.05, 3.63) is 47.6 Å². The van der Waals surface area contributed by atoms with E-state index in [9.17, 15) is 24.6 Å². The number of cyclic esters (lactones) is 1. The molecule has 318 valence electrons. The molecule has 2 N–H and O–H groups in total. The van der Waals surface area contributed by atoms with Gasteiger partial charge in [0.25, 0.3) is 0 Å². The standard InChI is InChI=1S/C44H66N2O11/c1-13-35-44(9,51)40-27(4)36(45-30(7)47)25(2)22-43(8,54-24-32(23-53-40)16-14-15-31-17-19-33(52-12)20-18-31)39(28(5)37(48)29(6)41(50)56-35)57-42-38(49)34(46(10)11)21-26(3)55-42/h14-20,25-29,34-35,38-40,42,49,51H,13,21-24H2,1-12H3/b15-14+,32-16-,45-36?/t25?,26-,27?,28+,29-,34+,35+,38?,39?,40?,42+,43-,44-/m1/s1. The minimum Gasteiger partial charge on any atom is -0.497 e. The summed E-state index contributed by atoms with van der Waals surface area (Å²) in [6.45, 7) is 15.4. The quantitative estimate of drug-likeness (QED) is 0.275. The van der Waals surface area contributed by atoms with Crippen LogP contribution >= 0.6 is 0 Å². The fourth-order valence-corrected chi connectivity index (χ4v) is 8.68. The number of fused-ring (bicyclic) bond motifs is 5. The van der Waals surface area contributed by atoms with Crippen molar-refractivity contribution in [1.29, 1.82) is 0 Å². The van der Waals surface area contributed by atoms with Gasteiger partial charge in [0.05, 0.1) is 44.2 Å². The number of likely N-dealkylation sites (N-methyl/N-ethyl adjacent to an activating group) is 1. The number of benzene rings is 1. The van der Waals surface area contributed by atoms with Crippen molar-refractivity contribution in [3.8, 4) is 5.75 Å². The molecule has 0 radical (unpaired) electrons. The zero-order valence-corrected chi connectivity index (χ0v) is 35.9. The lowest BCUT2D eigenvalue weighted by Gasteiger charge is -2.47. The number of rotatable bonds is 7. The Morgan fingerprint density at radius 1 is 1.05 bits per heavy atom. The molecule has 13 nitrogen and oxygen atoms in total. The second-order valence-electron chi connectivity index (χ2n) is 16.8. The number of hydrogen-bond acceptors (Lipinski definition) is 12. The zero-order valence-electron chi connectivity index (χ0n) is 35.9. The van der Waals surface area contributed by atoms with Gasteiger partial charge in [-0.1, -0.05) is 58.1 Å². The van der Waals surface area contributed by atoms with Gasteiger partial charge < -0.3 is 43.5 Å². The first kappa shape index (κ1) is 46.4. The number of amides is 1. The smallest absolute Gasteiger partial charge is 0.316 e. The van der Waals surface area contributed by atoms with E-state index in [4.69, 9.17) is 28.4 Å². The number of allylic oxidation sites excluding steroid dienone is 2. The van der Waals surface area contributed by atoms with Crippen LogP contribution in [0.2, 0.25) is 0 Å². The van der Waals surface area contributed by atoms with Crippen LogP contribution in [0.4, 0.5) is 0 Å². The number of aliphatic hydroxyl groups excluding tert-OH is 1. The van der Waals surface area contributed by atoms with Gasteiger partial charge in [0, 0.05) is 30.5 Å². The average molecular weight is 799 g/mol. The highest BCUT2D eigenvalue weighted by Crippen LogP contribution is 2.40. The van der Waals surface area contributed by atoms with Crippen LogP contribution in [0.1, 0.15) is 87.1 Å². The van der Waals surface area contributed by atoms with Crippen molar-refractivity contribution < 1.29 is 53.0 Å². The summed E-state index contributed by atoms with van der Waals surface area (Å²) in [4.78, 5) is 47.6. The van der Waals surface area contributed by atoms with Gasteiger partial charge in [-0.25, -0.2) is 4.99 Å². The molecule has 1 aromatic carbocycles. The van der Waals surface area contributed by atoms with E-state index in [2.05, 4.69) is 4.99 Å². The second kappa shape index (κ2) is 19.6. The topological polar surface area (TPSA) is 163 Å². The summed E-state index contributed by atoms with van der Waals surface area (Å²) in [5.41, 5.74) is -1.03. The van der Waals surface area contributed by atoms with Crippen LogP contribution in [0.25, 0.3) is 6.08 Å². The zero-order chi connectivity index (χ0) is 42.4. The van der Waals surface area contributed by atoms with Crippen molar-refractivity contribution in [3.63, 3.8) is 0 Å². The largest absolute Gasteiger partial charge is 0.497 e. The SMILES string of the molecule is CC[C@@H]1OC(=O)[C@H](C)C(=O)[C@H](C)C(O[C@@H]2O[C@H](C)C[C@H](N(C)C)C2O)[C@@]2(C)CC(C)C(=NC(C)=O)C(C)C(OC/C(=C/C=C/c3ccc(OC)cc3)CO2)[C@]1(C)O. The molecule has 13 atom stereocenters. The Balaban J connectivity index is 1.96. The predicted octanol–water partition coefficient (Wildman–Crippen LogP) is 5.20. The van der Waals surface area contributed by atoms with Crippen molar-refractivity contribution >= 4 is 29.4 Å². The molecule has 4 rings (SSSR count). The van der Waals surface area contributed by atoms with E-state index in [1.54, 1.807) is 27.9 Å². The van der Waals surface area contributed by atoms with Gasteiger partial charge in [0.15, 0.2) is 12.1 Å². The lowest BCUT2D eigenvalue weighted by molar-refractivity contribution is -0.296. The van der Waals surface area contributed by atoms with Crippen LogP contribution in [0.15, 0.2) is 47.0 Å². The monoisotopic (exact) mass is 798 g/mol. The van der Waals surface area contributed by atoms with Crippen LogP contribution in [-0.2, 0) is 38.1 Å². The van der Waals surface area contributed by atoms with Gasteiger partial charge in [-0.2, -0.15) is 0 Å². The van der Waals surface area contributed by atoms with Crippen molar-refractivity contribution in [1.82, 2.24) is 4.90 Å². The molecule has 1 amide bonds. The molecule has 2 bridgehead atoms. The third-order valence-electron chi connectivity index (χ3n) is 11.9. The number of carbonyl (C=O) groups is 3. The van der Waals surface area contributed by atoms with Gasteiger partial charge in [0.2, 0.25) is 5.91 Å². The number of ether oxygens (including phenoxy) is 6. The summed E-state index contributed by atoms with van der Waals surface area (Å²) in [7, 11) is 5.37. The molecular formula is C44H66N2O11. The summed E-state index contributed by atoms with van der Waals surface area (Å²) in [5, 5.41) is 24.1.